The Hall–Kier alpha value is -2.30. The van der Waals surface area contributed by atoms with E-state index in [2.05, 4.69) is 4.98 Å². The minimum absolute atomic E-state index is 0.0441. The summed E-state index contributed by atoms with van der Waals surface area (Å²) in [5, 5.41) is 9.07. The van der Waals surface area contributed by atoms with Crippen LogP contribution in [0, 0.1) is 6.92 Å². The largest absolute Gasteiger partial charge is 0.491 e. The number of carboxylic acid groups (broad SMARTS) is 1. The van der Waals surface area contributed by atoms with Crippen LogP contribution in [0.5, 0.6) is 5.75 Å². The monoisotopic (exact) mass is 261 g/mol. The van der Waals surface area contributed by atoms with Crippen molar-refractivity contribution in [2.45, 2.75) is 26.9 Å². The molecule has 0 unspecified atom stereocenters. The van der Waals surface area contributed by atoms with E-state index in [4.69, 9.17) is 14.3 Å². The smallest absolute Gasteiger partial charge is 0.358 e. The SMILES string of the molecule is Cc1c(OC(C)C)cccc1-c1ocnc1C(=O)O. The van der Waals surface area contributed by atoms with Gasteiger partial charge < -0.3 is 14.3 Å². The Bertz CT molecular complexity index is 601. The third-order valence-corrected chi connectivity index (χ3v) is 2.66. The Labute approximate surface area is 110 Å². The molecule has 0 bridgehead atoms. The molecule has 0 saturated carbocycles. The Balaban J connectivity index is 2.51. The van der Waals surface area contributed by atoms with Gasteiger partial charge in [0.05, 0.1) is 6.10 Å². The van der Waals surface area contributed by atoms with Crippen LogP contribution in [0.25, 0.3) is 11.3 Å². The molecule has 5 nitrogen and oxygen atoms in total. The van der Waals surface area contributed by atoms with Crippen molar-refractivity contribution in [3.63, 3.8) is 0 Å². The van der Waals surface area contributed by atoms with Crippen molar-refractivity contribution in [1.82, 2.24) is 4.98 Å². The number of oxazole rings is 1. The maximum atomic E-state index is 11.1. The third kappa shape index (κ3) is 2.59. The van der Waals surface area contributed by atoms with Crippen LogP contribution in [0.4, 0.5) is 0 Å². The number of rotatable bonds is 4. The summed E-state index contributed by atoms with van der Waals surface area (Å²) in [5.74, 6) is -0.155. The Morgan fingerprint density at radius 2 is 2.16 bits per heavy atom. The van der Waals surface area contributed by atoms with Gasteiger partial charge in [-0.2, -0.15) is 0 Å². The molecule has 5 heteroatoms. The van der Waals surface area contributed by atoms with E-state index in [0.29, 0.717) is 11.3 Å². The van der Waals surface area contributed by atoms with Crippen LogP contribution < -0.4 is 4.74 Å². The van der Waals surface area contributed by atoms with Gasteiger partial charge in [0.15, 0.2) is 17.8 Å². The van der Waals surface area contributed by atoms with Gasteiger partial charge >= 0.3 is 5.97 Å². The first-order valence-electron chi connectivity index (χ1n) is 5.94. The molecule has 0 aliphatic heterocycles. The van der Waals surface area contributed by atoms with Crippen LogP contribution >= 0.6 is 0 Å². The summed E-state index contributed by atoms with van der Waals surface area (Å²) < 4.78 is 10.9. The number of aromatic nitrogens is 1. The zero-order valence-corrected chi connectivity index (χ0v) is 11.0. The van der Waals surface area contributed by atoms with Crippen LogP contribution in [0.1, 0.15) is 29.9 Å². The highest BCUT2D eigenvalue weighted by Crippen LogP contribution is 2.32. The van der Waals surface area contributed by atoms with Crippen LogP contribution in [-0.4, -0.2) is 22.2 Å². The molecule has 0 saturated heterocycles. The van der Waals surface area contributed by atoms with E-state index in [1.807, 2.05) is 26.8 Å². The molecule has 0 amide bonds. The van der Waals surface area contributed by atoms with E-state index < -0.39 is 5.97 Å². The summed E-state index contributed by atoms with van der Waals surface area (Å²) in [6.45, 7) is 5.73. The predicted molar refractivity (Wildman–Crippen MR) is 69.4 cm³/mol. The zero-order valence-electron chi connectivity index (χ0n) is 11.0. The predicted octanol–water partition coefficient (Wildman–Crippen LogP) is 3.14. The van der Waals surface area contributed by atoms with Gasteiger partial charge in [0, 0.05) is 11.1 Å². The summed E-state index contributed by atoms with van der Waals surface area (Å²) in [6.07, 6.45) is 1.18. The summed E-state index contributed by atoms with van der Waals surface area (Å²) >= 11 is 0. The number of ether oxygens (including phenoxy) is 1. The number of benzene rings is 1. The quantitative estimate of drug-likeness (QED) is 0.915. The van der Waals surface area contributed by atoms with E-state index in [1.165, 1.54) is 0 Å². The molecule has 0 atom stereocenters. The molecule has 1 N–H and O–H groups in total. The van der Waals surface area contributed by atoms with Gasteiger partial charge in [-0.25, -0.2) is 9.78 Å². The first kappa shape index (κ1) is 13.1. The second-order valence-electron chi connectivity index (χ2n) is 4.43. The van der Waals surface area contributed by atoms with E-state index in [-0.39, 0.29) is 17.6 Å². The maximum absolute atomic E-state index is 11.1. The number of carbonyl (C=O) groups is 1. The first-order chi connectivity index (χ1) is 9.00. The number of hydrogen-bond acceptors (Lipinski definition) is 4. The average molecular weight is 261 g/mol. The van der Waals surface area contributed by atoms with E-state index in [1.54, 1.807) is 12.1 Å². The minimum atomic E-state index is -1.11. The highest BCUT2D eigenvalue weighted by atomic mass is 16.5. The van der Waals surface area contributed by atoms with E-state index in [0.717, 1.165) is 12.0 Å². The van der Waals surface area contributed by atoms with Crippen LogP contribution in [0.3, 0.4) is 0 Å². The van der Waals surface area contributed by atoms with Gasteiger partial charge in [-0.15, -0.1) is 0 Å². The number of nitrogens with zero attached hydrogens (tertiary/aromatic N) is 1. The van der Waals surface area contributed by atoms with Crippen molar-refractivity contribution in [2.75, 3.05) is 0 Å². The van der Waals surface area contributed by atoms with E-state index >= 15 is 0 Å². The summed E-state index contributed by atoms with van der Waals surface area (Å²) in [6, 6.07) is 5.43. The highest BCUT2D eigenvalue weighted by Gasteiger charge is 2.20. The van der Waals surface area contributed by atoms with Crippen molar-refractivity contribution in [2.24, 2.45) is 0 Å². The number of aromatic carboxylic acids is 1. The topological polar surface area (TPSA) is 72.6 Å². The Kier molecular flexibility index (Phi) is 3.55. The maximum Gasteiger partial charge on any atom is 0.358 e. The molecule has 0 spiro atoms. The van der Waals surface area contributed by atoms with Crippen molar-refractivity contribution in [3.05, 3.63) is 35.9 Å². The second kappa shape index (κ2) is 5.14. The second-order valence-corrected chi connectivity index (χ2v) is 4.43. The van der Waals surface area contributed by atoms with Crippen molar-refractivity contribution >= 4 is 5.97 Å². The van der Waals surface area contributed by atoms with Crippen LogP contribution in [-0.2, 0) is 0 Å². The molecule has 1 aromatic carbocycles. The standard InChI is InChI=1S/C14H15NO4/c1-8(2)19-11-6-4-5-10(9(11)3)13-12(14(16)17)15-7-18-13/h4-8H,1-3H3,(H,16,17). The van der Waals surface area contributed by atoms with Gasteiger partial charge in [0.1, 0.15) is 5.75 Å². The molecule has 0 aliphatic rings. The van der Waals surface area contributed by atoms with Gasteiger partial charge in [0.25, 0.3) is 0 Å². The van der Waals surface area contributed by atoms with Crippen LogP contribution in [0.15, 0.2) is 29.0 Å². The first-order valence-corrected chi connectivity index (χ1v) is 5.94. The lowest BCUT2D eigenvalue weighted by Crippen LogP contribution is -2.07. The highest BCUT2D eigenvalue weighted by molar-refractivity contribution is 5.92. The van der Waals surface area contributed by atoms with Gasteiger partial charge in [-0.3, -0.25) is 0 Å². The van der Waals surface area contributed by atoms with Crippen molar-refractivity contribution < 1.29 is 19.1 Å². The zero-order chi connectivity index (χ0) is 14.0. The molecular formula is C14H15NO4. The van der Waals surface area contributed by atoms with Crippen molar-refractivity contribution in [1.29, 1.82) is 0 Å². The molecule has 0 radical (unpaired) electrons. The number of hydrogen-bond donors (Lipinski definition) is 1. The molecule has 2 rings (SSSR count). The fraction of sp³-hybridized carbons (Fsp3) is 0.286. The Morgan fingerprint density at radius 1 is 1.42 bits per heavy atom. The molecule has 19 heavy (non-hydrogen) atoms. The molecule has 0 fully saturated rings. The molecular weight excluding hydrogens is 246 g/mol. The molecule has 1 aromatic heterocycles. The molecule has 2 aromatic rings. The van der Waals surface area contributed by atoms with Crippen LogP contribution in [0.2, 0.25) is 0 Å². The minimum Gasteiger partial charge on any atom is -0.491 e. The molecule has 0 aliphatic carbocycles. The molecule has 100 valence electrons. The Morgan fingerprint density at radius 3 is 2.79 bits per heavy atom. The lowest BCUT2D eigenvalue weighted by Gasteiger charge is -2.14. The molecule has 1 heterocycles. The number of carboxylic acids is 1. The third-order valence-electron chi connectivity index (χ3n) is 2.66. The summed E-state index contributed by atoms with van der Waals surface area (Å²) in [5.41, 5.74) is 1.41. The lowest BCUT2D eigenvalue weighted by atomic mass is 10.0. The van der Waals surface area contributed by atoms with Gasteiger partial charge in [-0.1, -0.05) is 12.1 Å². The summed E-state index contributed by atoms with van der Waals surface area (Å²) in [4.78, 5) is 14.8. The fourth-order valence-corrected chi connectivity index (χ4v) is 1.83. The fourth-order valence-electron chi connectivity index (χ4n) is 1.83. The lowest BCUT2D eigenvalue weighted by molar-refractivity contribution is 0.0691. The van der Waals surface area contributed by atoms with Crippen molar-refractivity contribution in [3.8, 4) is 17.1 Å². The average Bonchev–Trinajstić information content (AvgIpc) is 2.80. The van der Waals surface area contributed by atoms with E-state index in [9.17, 15) is 4.79 Å². The van der Waals surface area contributed by atoms with Gasteiger partial charge in [0.2, 0.25) is 0 Å². The normalized spacial score (nSPS) is 10.7. The van der Waals surface area contributed by atoms with Gasteiger partial charge in [-0.05, 0) is 26.8 Å². The summed E-state index contributed by atoms with van der Waals surface area (Å²) in [7, 11) is 0.